The molecular formula is C13H17N3O4. The summed E-state index contributed by atoms with van der Waals surface area (Å²) in [6, 6.07) is 3.20. The average Bonchev–Trinajstić information content (AvgIpc) is 2.46. The first-order chi connectivity index (χ1) is 9.61. The Hall–Kier alpha value is -2.15. The Morgan fingerprint density at radius 1 is 1.60 bits per heavy atom. The van der Waals surface area contributed by atoms with Crippen molar-refractivity contribution in [3.8, 4) is 0 Å². The van der Waals surface area contributed by atoms with Crippen LogP contribution < -0.4 is 10.2 Å². The maximum absolute atomic E-state index is 11.6. The highest BCUT2D eigenvalue weighted by Gasteiger charge is 2.26. The number of ether oxygens (including phenoxy) is 1. The summed E-state index contributed by atoms with van der Waals surface area (Å²) < 4.78 is 5.33. The summed E-state index contributed by atoms with van der Waals surface area (Å²) in [5, 5.41) is 11.5. The Morgan fingerprint density at radius 2 is 2.40 bits per heavy atom. The van der Waals surface area contributed by atoms with Gasteiger partial charge in [-0.05, 0) is 12.1 Å². The molecule has 7 heteroatoms. The molecule has 1 amide bonds. The standard InChI is InChI=1S/C13H17N3O4/c1-14-13(19)11-6-9(2-3-15-11)16-4-5-20-8-10(16)7-12(17)18/h2-3,6,10H,4-5,7-8H2,1H3,(H,14,19)(H,17,18). The number of hydrogen-bond donors (Lipinski definition) is 2. The van der Waals surface area contributed by atoms with E-state index < -0.39 is 5.97 Å². The predicted molar refractivity (Wildman–Crippen MR) is 71.8 cm³/mol. The maximum atomic E-state index is 11.6. The first kappa shape index (κ1) is 14.3. The molecule has 1 unspecified atom stereocenters. The first-order valence-corrected chi connectivity index (χ1v) is 6.36. The highest BCUT2D eigenvalue weighted by Crippen LogP contribution is 2.21. The van der Waals surface area contributed by atoms with Crippen LogP contribution in [-0.2, 0) is 9.53 Å². The molecule has 0 spiro atoms. The molecule has 1 aromatic rings. The Balaban J connectivity index is 2.23. The van der Waals surface area contributed by atoms with Gasteiger partial charge in [0.1, 0.15) is 5.69 Å². The summed E-state index contributed by atoms with van der Waals surface area (Å²) >= 11 is 0. The van der Waals surface area contributed by atoms with Crippen molar-refractivity contribution >= 4 is 17.6 Å². The molecule has 0 saturated carbocycles. The molecule has 1 saturated heterocycles. The molecule has 0 aromatic carbocycles. The average molecular weight is 279 g/mol. The van der Waals surface area contributed by atoms with Crippen molar-refractivity contribution in [2.75, 3.05) is 31.7 Å². The quantitative estimate of drug-likeness (QED) is 0.813. The largest absolute Gasteiger partial charge is 0.481 e. The van der Waals surface area contributed by atoms with Crippen LogP contribution >= 0.6 is 0 Å². The van der Waals surface area contributed by atoms with E-state index in [0.29, 0.717) is 25.5 Å². The number of nitrogens with zero attached hydrogens (tertiary/aromatic N) is 2. The van der Waals surface area contributed by atoms with Crippen molar-refractivity contribution in [1.82, 2.24) is 10.3 Å². The molecule has 1 fully saturated rings. The fourth-order valence-corrected chi connectivity index (χ4v) is 2.22. The molecule has 20 heavy (non-hydrogen) atoms. The second kappa shape index (κ2) is 6.33. The van der Waals surface area contributed by atoms with Gasteiger partial charge in [-0.25, -0.2) is 0 Å². The number of anilines is 1. The minimum Gasteiger partial charge on any atom is -0.481 e. The van der Waals surface area contributed by atoms with Crippen molar-refractivity contribution in [3.63, 3.8) is 0 Å². The summed E-state index contributed by atoms with van der Waals surface area (Å²) in [4.78, 5) is 28.5. The number of carboxylic acids is 1. The number of aromatic nitrogens is 1. The Bertz CT molecular complexity index is 506. The van der Waals surface area contributed by atoms with Crippen LogP contribution in [0, 0.1) is 0 Å². The minimum absolute atomic E-state index is 0.00235. The zero-order chi connectivity index (χ0) is 14.5. The monoisotopic (exact) mass is 279 g/mol. The smallest absolute Gasteiger partial charge is 0.305 e. The summed E-state index contributed by atoms with van der Waals surface area (Å²) in [5.41, 5.74) is 1.10. The van der Waals surface area contributed by atoms with Gasteiger partial charge in [0.15, 0.2) is 0 Å². The third-order valence-electron chi connectivity index (χ3n) is 3.17. The van der Waals surface area contributed by atoms with Gasteiger partial charge >= 0.3 is 5.97 Å². The third kappa shape index (κ3) is 3.24. The number of morpholine rings is 1. The van der Waals surface area contributed by atoms with Crippen LogP contribution in [0.5, 0.6) is 0 Å². The lowest BCUT2D eigenvalue weighted by Gasteiger charge is -2.36. The topological polar surface area (TPSA) is 91.8 Å². The van der Waals surface area contributed by atoms with E-state index in [0.717, 1.165) is 5.69 Å². The Kier molecular flexibility index (Phi) is 4.52. The third-order valence-corrected chi connectivity index (χ3v) is 3.17. The molecule has 108 valence electrons. The van der Waals surface area contributed by atoms with Crippen molar-refractivity contribution < 1.29 is 19.4 Å². The van der Waals surface area contributed by atoms with Gasteiger partial charge in [-0.2, -0.15) is 0 Å². The van der Waals surface area contributed by atoms with Crippen LogP contribution in [0.25, 0.3) is 0 Å². The maximum Gasteiger partial charge on any atom is 0.305 e. The second-order valence-corrected chi connectivity index (χ2v) is 4.50. The summed E-state index contributed by atoms with van der Waals surface area (Å²) in [6.45, 7) is 1.49. The summed E-state index contributed by atoms with van der Waals surface area (Å²) in [6.07, 6.45) is 1.55. The molecule has 1 aliphatic rings. The van der Waals surface area contributed by atoms with Crippen LogP contribution in [0.4, 0.5) is 5.69 Å². The van der Waals surface area contributed by atoms with Crippen molar-refractivity contribution in [3.05, 3.63) is 24.0 Å². The van der Waals surface area contributed by atoms with E-state index in [1.165, 1.54) is 0 Å². The second-order valence-electron chi connectivity index (χ2n) is 4.50. The molecule has 2 heterocycles. The summed E-state index contributed by atoms with van der Waals surface area (Å²) in [7, 11) is 1.54. The highest BCUT2D eigenvalue weighted by atomic mass is 16.5. The fourth-order valence-electron chi connectivity index (χ4n) is 2.22. The molecule has 0 radical (unpaired) electrons. The molecule has 1 aromatic heterocycles. The van der Waals surface area contributed by atoms with Crippen molar-refractivity contribution in [1.29, 1.82) is 0 Å². The van der Waals surface area contributed by atoms with Gasteiger partial charge in [-0.3, -0.25) is 14.6 Å². The zero-order valence-electron chi connectivity index (χ0n) is 11.2. The molecule has 0 bridgehead atoms. The SMILES string of the molecule is CNC(=O)c1cc(N2CCOCC2CC(=O)O)ccn1. The first-order valence-electron chi connectivity index (χ1n) is 6.36. The number of amides is 1. The highest BCUT2D eigenvalue weighted by molar-refractivity contribution is 5.92. The van der Waals surface area contributed by atoms with Gasteiger partial charge in [-0.15, -0.1) is 0 Å². The van der Waals surface area contributed by atoms with E-state index in [2.05, 4.69) is 10.3 Å². The molecule has 7 nitrogen and oxygen atoms in total. The number of carbonyl (C=O) groups excluding carboxylic acids is 1. The van der Waals surface area contributed by atoms with E-state index in [1.54, 1.807) is 25.4 Å². The summed E-state index contributed by atoms with van der Waals surface area (Å²) in [5.74, 6) is -1.14. The lowest BCUT2D eigenvalue weighted by atomic mass is 10.1. The lowest BCUT2D eigenvalue weighted by Crippen LogP contribution is -2.46. The number of carboxylic acid groups (broad SMARTS) is 1. The van der Waals surface area contributed by atoms with Gasteiger partial charge in [0.25, 0.3) is 5.91 Å². The number of rotatable bonds is 4. The number of nitrogens with one attached hydrogen (secondary N) is 1. The number of aliphatic carboxylic acids is 1. The molecule has 2 N–H and O–H groups in total. The van der Waals surface area contributed by atoms with Crippen LogP contribution in [-0.4, -0.2) is 54.8 Å². The van der Waals surface area contributed by atoms with Crippen molar-refractivity contribution in [2.24, 2.45) is 0 Å². The Labute approximate surface area is 116 Å². The van der Waals surface area contributed by atoms with Crippen LogP contribution in [0.2, 0.25) is 0 Å². The van der Waals surface area contributed by atoms with Crippen molar-refractivity contribution in [2.45, 2.75) is 12.5 Å². The predicted octanol–water partition coefficient (Wildman–Crippen LogP) is 0.121. The van der Waals surface area contributed by atoms with Gasteiger partial charge in [-0.1, -0.05) is 0 Å². The van der Waals surface area contributed by atoms with Crippen LogP contribution in [0.1, 0.15) is 16.9 Å². The normalized spacial score (nSPS) is 18.6. The molecule has 1 atom stereocenters. The molecular weight excluding hydrogens is 262 g/mol. The van der Waals surface area contributed by atoms with Gasteiger partial charge < -0.3 is 20.1 Å². The zero-order valence-corrected chi connectivity index (χ0v) is 11.2. The fraction of sp³-hybridized carbons (Fsp3) is 0.462. The van der Waals surface area contributed by atoms with Gasteiger partial charge in [0, 0.05) is 25.5 Å². The number of carbonyl (C=O) groups is 2. The Morgan fingerprint density at radius 3 is 3.10 bits per heavy atom. The van der Waals surface area contributed by atoms with Gasteiger partial charge in [0.2, 0.25) is 0 Å². The molecule has 0 aliphatic carbocycles. The number of pyridine rings is 1. The van der Waals surface area contributed by atoms with E-state index >= 15 is 0 Å². The van der Waals surface area contributed by atoms with Gasteiger partial charge in [0.05, 0.1) is 25.7 Å². The van der Waals surface area contributed by atoms with Crippen LogP contribution in [0.3, 0.4) is 0 Å². The lowest BCUT2D eigenvalue weighted by molar-refractivity contribution is -0.138. The van der Waals surface area contributed by atoms with E-state index in [-0.39, 0.29) is 18.4 Å². The minimum atomic E-state index is -0.869. The van der Waals surface area contributed by atoms with Crippen LogP contribution in [0.15, 0.2) is 18.3 Å². The van der Waals surface area contributed by atoms with E-state index in [1.807, 2.05) is 4.90 Å². The van der Waals surface area contributed by atoms with E-state index in [4.69, 9.17) is 9.84 Å². The molecule has 1 aliphatic heterocycles. The molecule has 2 rings (SSSR count). The van der Waals surface area contributed by atoms with E-state index in [9.17, 15) is 9.59 Å². The number of hydrogen-bond acceptors (Lipinski definition) is 5.